The lowest BCUT2D eigenvalue weighted by atomic mass is 10.2. The van der Waals surface area contributed by atoms with Crippen LogP contribution in [-0.2, 0) is 14.3 Å². The molecule has 0 saturated carbocycles. The zero-order chi connectivity index (χ0) is 14.8. The van der Waals surface area contributed by atoms with Crippen LogP contribution in [0.1, 0.15) is 13.3 Å². The average molecular weight is 275 g/mol. The number of hydrogen-bond donors (Lipinski definition) is 3. The number of carbonyl (C=O) groups is 3. The van der Waals surface area contributed by atoms with Crippen molar-refractivity contribution in [2.75, 3.05) is 33.9 Å². The van der Waals surface area contributed by atoms with Gasteiger partial charge in [-0.2, -0.15) is 0 Å². The van der Waals surface area contributed by atoms with E-state index in [1.54, 1.807) is 6.92 Å². The van der Waals surface area contributed by atoms with Crippen molar-refractivity contribution < 1.29 is 24.2 Å². The Morgan fingerprint density at radius 2 is 2.00 bits per heavy atom. The minimum absolute atomic E-state index is 0.147. The number of hydrogen-bond acceptors (Lipinski definition) is 4. The number of urea groups is 1. The highest BCUT2D eigenvalue weighted by Crippen LogP contribution is 1.93. The Balaban J connectivity index is 4.12. The lowest BCUT2D eigenvalue weighted by molar-refractivity contribution is -0.139. The number of carboxylic acids is 1. The van der Waals surface area contributed by atoms with Crippen LogP contribution in [0, 0.1) is 0 Å². The van der Waals surface area contributed by atoms with Gasteiger partial charge in [0.15, 0.2) is 0 Å². The van der Waals surface area contributed by atoms with Crippen LogP contribution in [0.4, 0.5) is 4.79 Å². The summed E-state index contributed by atoms with van der Waals surface area (Å²) in [5.41, 5.74) is 0. The van der Waals surface area contributed by atoms with Gasteiger partial charge in [0, 0.05) is 20.7 Å². The van der Waals surface area contributed by atoms with Crippen molar-refractivity contribution in [1.29, 1.82) is 0 Å². The van der Waals surface area contributed by atoms with Crippen LogP contribution in [0.15, 0.2) is 0 Å². The Bertz CT molecular complexity index is 321. The first-order valence-corrected chi connectivity index (χ1v) is 5.92. The molecule has 8 nitrogen and oxygen atoms in total. The molecule has 0 heterocycles. The molecule has 0 bridgehead atoms. The number of aliphatic carboxylic acids is 1. The van der Waals surface area contributed by atoms with E-state index >= 15 is 0 Å². The number of methoxy groups -OCH3 is 1. The zero-order valence-electron chi connectivity index (χ0n) is 11.4. The van der Waals surface area contributed by atoms with Crippen LogP contribution in [0.2, 0.25) is 0 Å². The third-order valence-electron chi connectivity index (χ3n) is 2.36. The molecule has 0 saturated heterocycles. The summed E-state index contributed by atoms with van der Waals surface area (Å²) in [5.74, 6) is -1.44. The summed E-state index contributed by atoms with van der Waals surface area (Å²) in [6.07, 6.45) is 0.273. The normalized spacial score (nSPS) is 11.5. The van der Waals surface area contributed by atoms with Crippen LogP contribution in [0.25, 0.3) is 0 Å². The van der Waals surface area contributed by atoms with Gasteiger partial charge >= 0.3 is 12.0 Å². The fourth-order valence-corrected chi connectivity index (χ4v) is 1.23. The predicted molar refractivity (Wildman–Crippen MR) is 67.8 cm³/mol. The Morgan fingerprint density at radius 3 is 2.47 bits per heavy atom. The highest BCUT2D eigenvalue weighted by molar-refractivity contribution is 5.86. The summed E-state index contributed by atoms with van der Waals surface area (Å²) >= 11 is 0. The molecule has 0 fully saturated rings. The molecule has 110 valence electrons. The van der Waals surface area contributed by atoms with Gasteiger partial charge in [0.25, 0.3) is 0 Å². The maximum atomic E-state index is 11.6. The van der Waals surface area contributed by atoms with E-state index in [4.69, 9.17) is 9.84 Å². The second kappa shape index (κ2) is 9.15. The summed E-state index contributed by atoms with van der Waals surface area (Å²) in [4.78, 5) is 34.9. The first kappa shape index (κ1) is 17.2. The number of ether oxygens (including phenoxy) is 1. The van der Waals surface area contributed by atoms with Crippen molar-refractivity contribution in [3.8, 4) is 0 Å². The molecule has 0 radical (unpaired) electrons. The summed E-state index contributed by atoms with van der Waals surface area (Å²) in [6, 6.07) is -1.55. The van der Waals surface area contributed by atoms with E-state index in [-0.39, 0.29) is 18.9 Å². The standard InChI is InChI=1S/C11H21N3O5/c1-4-8(10(16)17)13-11(18)14(2)7-9(15)12-5-6-19-3/h8H,4-7H2,1-3H3,(H,12,15)(H,13,18)(H,16,17). The summed E-state index contributed by atoms with van der Waals surface area (Å²) < 4.78 is 4.77. The number of nitrogens with one attached hydrogen (secondary N) is 2. The summed E-state index contributed by atoms with van der Waals surface area (Å²) in [5, 5.41) is 13.7. The van der Waals surface area contributed by atoms with Crippen LogP contribution in [-0.4, -0.2) is 67.8 Å². The highest BCUT2D eigenvalue weighted by atomic mass is 16.5. The van der Waals surface area contributed by atoms with E-state index in [0.29, 0.717) is 13.2 Å². The van der Waals surface area contributed by atoms with Crippen molar-refractivity contribution in [3.63, 3.8) is 0 Å². The zero-order valence-corrected chi connectivity index (χ0v) is 11.4. The summed E-state index contributed by atoms with van der Waals surface area (Å²) in [6.45, 7) is 2.25. The van der Waals surface area contributed by atoms with Crippen molar-refractivity contribution in [3.05, 3.63) is 0 Å². The van der Waals surface area contributed by atoms with Gasteiger partial charge in [-0.25, -0.2) is 9.59 Å². The quantitative estimate of drug-likeness (QED) is 0.505. The monoisotopic (exact) mass is 275 g/mol. The first-order valence-electron chi connectivity index (χ1n) is 5.92. The van der Waals surface area contributed by atoms with Gasteiger partial charge in [0.05, 0.1) is 6.61 Å². The molecule has 0 spiro atoms. The number of rotatable bonds is 8. The number of likely N-dealkylation sites (N-methyl/N-ethyl adjacent to an activating group) is 1. The maximum absolute atomic E-state index is 11.6. The SMILES string of the molecule is CCC(NC(=O)N(C)CC(=O)NCCOC)C(=O)O. The molecule has 8 heteroatoms. The molecule has 19 heavy (non-hydrogen) atoms. The Kier molecular flexibility index (Phi) is 8.27. The van der Waals surface area contributed by atoms with E-state index in [9.17, 15) is 14.4 Å². The number of nitrogens with zero attached hydrogens (tertiary/aromatic N) is 1. The predicted octanol–water partition coefficient (Wildman–Crippen LogP) is -0.746. The number of carbonyl (C=O) groups excluding carboxylic acids is 2. The van der Waals surface area contributed by atoms with Gasteiger partial charge in [0.1, 0.15) is 12.6 Å². The molecule has 1 atom stereocenters. The maximum Gasteiger partial charge on any atom is 0.326 e. The van der Waals surface area contributed by atoms with Gasteiger partial charge in [-0.15, -0.1) is 0 Å². The minimum Gasteiger partial charge on any atom is -0.480 e. The number of amides is 3. The largest absolute Gasteiger partial charge is 0.480 e. The van der Waals surface area contributed by atoms with Crippen LogP contribution in [0.3, 0.4) is 0 Å². The molecular formula is C11H21N3O5. The van der Waals surface area contributed by atoms with Gasteiger partial charge in [-0.3, -0.25) is 4.79 Å². The van der Waals surface area contributed by atoms with E-state index in [1.807, 2.05) is 0 Å². The molecular weight excluding hydrogens is 254 g/mol. The smallest absolute Gasteiger partial charge is 0.326 e. The van der Waals surface area contributed by atoms with Gasteiger partial charge in [0.2, 0.25) is 5.91 Å². The second-order valence-electron chi connectivity index (χ2n) is 3.95. The van der Waals surface area contributed by atoms with Crippen molar-refractivity contribution in [2.24, 2.45) is 0 Å². The third kappa shape index (κ3) is 7.24. The van der Waals surface area contributed by atoms with E-state index in [1.165, 1.54) is 14.2 Å². The minimum atomic E-state index is -1.10. The highest BCUT2D eigenvalue weighted by Gasteiger charge is 2.20. The molecule has 0 aliphatic carbocycles. The van der Waals surface area contributed by atoms with Gasteiger partial charge < -0.3 is 25.4 Å². The first-order chi connectivity index (χ1) is 8.92. The van der Waals surface area contributed by atoms with Crippen molar-refractivity contribution in [1.82, 2.24) is 15.5 Å². The Labute approximate surface area is 112 Å². The molecule has 0 aliphatic rings. The fraction of sp³-hybridized carbons (Fsp3) is 0.727. The lowest BCUT2D eigenvalue weighted by Crippen LogP contribution is -2.49. The second-order valence-corrected chi connectivity index (χ2v) is 3.95. The van der Waals surface area contributed by atoms with E-state index in [2.05, 4.69) is 10.6 Å². The van der Waals surface area contributed by atoms with Crippen molar-refractivity contribution in [2.45, 2.75) is 19.4 Å². The average Bonchev–Trinajstić information content (AvgIpc) is 2.35. The Hall–Kier alpha value is -1.83. The molecule has 3 amide bonds. The molecule has 0 aliphatic heterocycles. The number of carboxylic acid groups (broad SMARTS) is 1. The molecule has 0 rings (SSSR count). The lowest BCUT2D eigenvalue weighted by Gasteiger charge is -2.20. The molecule has 0 aromatic rings. The van der Waals surface area contributed by atoms with Gasteiger partial charge in [-0.1, -0.05) is 6.92 Å². The van der Waals surface area contributed by atoms with Crippen LogP contribution < -0.4 is 10.6 Å². The van der Waals surface area contributed by atoms with Gasteiger partial charge in [-0.05, 0) is 6.42 Å². The van der Waals surface area contributed by atoms with E-state index < -0.39 is 18.0 Å². The van der Waals surface area contributed by atoms with Crippen molar-refractivity contribution >= 4 is 17.9 Å². The van der Waals surface area contributed by atoms with E-state index in [0.717, 1.165) is 4.90 Å². The molecule has 1 unspecified atom stereocenters. The Morgan fingerprint density at radius 1 is 1.37 bits per heavy atom. The molecule has 3 N–H and O–H groups in total. The van der Waals surface area contributed by atoms with Crippen LogP contribution in [0.5, 0.6) is 0 Å². The molecule has 0 aromatic carbocycles. The summed E-state index contributed by atoms with van der Waals surface area (Å²) in [7, 11) is 2.93. The molecule has 0 aromatic heterocycles. The topological polar surface area (TPSA) is 108 Å². The third-order valence-corrected chi connectivity index (χ3v) is 2.36. The van der Waals surface area contributed by atoms with Crippen LogP contribution >= 0.6 is 0 Å². The fourth-order valence-electron chi connectivity index (χ4n) is 1.23.